The number of nitrogens with one attached hydrogen (secondary N) is 1. The van der Waals surface area contributed by atoms with Gasteiger partial charge in [0.25, 0.3) is 0 Å². The van der Waals surface area contributed by atoms with E-state index in [1.807, 2.05) is 52.7 Å². The summed E-state index contributed by atoms with van der Waals surface area (Å²) in [5.41, 5.74) is 8.96. The van der Waals surface area contributed by atoms with E-state index in [2.05, 4.69) is 55.7 Å². The quantitative estimate of drug-likeness (QED) is 0.772. The molecule has 0 atom stereocenters. The molecular weight excluding hydrogens is 308 g/mol. The van der Waals surface area contributed by atoms with Crippen LogP contribution < -0.4 is 15.7 Å². The Morgan fingerprint density at radius 1 is 0.680 bits per heavy atom. The van der Waals surface area contributed by atoms with Gasteiger partial charge in [0.1, 0.15) is 0 Å². The molecule has 0 aromatic heterocycles. The lowest BCUT2D eigenvalue weighted by Crippen LogP contribution is -2.45. The number of benzene rings is 3. The SMILES string of the molecule is Cc1ccccc1N1N=C(c2ccccc2)NN1c1ccccc1C. The molecule has 0 unspecified atom stereocenters. The molecule has 0 amide bonds. The summed E-state index contributed by atoms with van der Waals surface area (Å²) in [5, 5.41) is 8.78. The first-order valence-electron chi connectivity index (χ1n) is 8.36. The van der Waals surface area contributed by atoms with E-state index in [-0.39, 0.29) is 0 Å². The molecule has 0 fully saturated rings. The Kier molecular flexibility index (Phi) is 3.86. The Labute approximate surface area is 148 Å². The predicted molar refractivity (Wildman–Crippen MR) is 103 cm³/mol. The third-order valence-electron chi connectivity index (χ3n) is 4.32. The van der Waals surface area contributed by atoms with Crippen LogP contribution in [0.25, 0.3) is 0 Å². The summed E-state index contributed by atoms with van der Waals surface area (Å²) >= 11 is 0. The first-order chi connectivity index (χ1) is 12.2. The number of hydrogen-bond donors (Lipinski definition) is 1. The fraction of sp³-hybridized carbons (Fsp3) is 0.0952. The van der Waals surface area contributed by atoms with E-state index in [9.17, 15) is 0 Å². The number of para-hydroxylation sites is 2. The van der Waals surface area contributed by atoms with Gasteiger partial charge in [0.05, 0.1) is 11.4 Å². The van der Waals surface area contributed by atoms with Crippen molar-refractivity contribution in [2.24, 2.45) is 5.10 Å². The molecule has 4 heteroatoms. The average Bonchev–Trinajstić information content (AvgIpc) is 3.08. The molecule has 3 aromatic rings. The van der Waals surface area contributed by atoms with Crippen molar-refractivity contribution in [2.75, 3.05) is 10.2 Å². The maximum Gasteiger partial charge on any atom is 0.176 e. The molecule has 4 nitrogen and oxygen atoms in total. The summed E-state index contributed by atoms with van der Waals surface area (Å²) in [7, 11) is 0. The number of hydrogen-bond acceptors (Lipinski definition) is 4. The highest BCUT2D eigenvalue weighted by Gasteiger charge is 2.27. The maximum absolute atomic E-state index is 4.85. The summed E-state index contributed by atoms with van der Waals surface area (Å²) in [6.07, 6.45) is 0. The molecule has 0 radical (unpaired) electrons. The molecule has 0 aliphatic carbocycles. The van der Waals surface area contributed by atoms with E-state index in [4.69, 9.17) is 5.10 Å². The van der Waals surface area contributed by atoms with Crippen LogP contribution in [0.4, 0.5) is 11.4 Å². The lowest BCUT2D eigenvalue weighted by atomic mass is 10.2. The van der Waals surface area contributed by atoms with Crippen LogP contribution in [0.3, 0.4) is 0 Å². The predicted octanol–water partition coefficient (Wildman–Crippen LogP) is 4.41. The van der Waals surface area contributed by atoms with Crippen molar-refractivity contribution < 1.29 is 0 Å². The molecule has 0 bridgehead atoms. The molecule has 0 saturated carbocycles. The van der Waals surface area contributed by atoms with Gasteiger partial charge in [-0.25, -0.2) is 0 Å². The highest BCUT2D eigenvalue weighted by Crippen LogP contribution is 2.29. The molecule has 1 aliphatic heterocycles. The Bertz CT molecular complexity index is 918. The molecule has 0 spiro atoms. The zero-order chi connectivity index (χ0) is 17.2. The van der Waals surface area contributed by atoms with Crippen LogP contribution in [-0.4, -0.2) is 5.84 Å². The normalized spacial score (nSPS) is 13.6. The Hall–Kier alpha value is -3.27. The van der Waals surface area contributed by atoms with Crippen LogP contribution >= 0.6 is 0 Å². The van der Waals surface area contributed by atoms with Crippen LogP contribution in [-0.2, 0) is 0 Å². The number of aryl methyl sites for hydroxylation is 2. The van der Waals surface area contributed by atoms with E-state index in [0.717, 1.165) is 22.8 Å². The number of nitrogens with zero attached hydrogens (tertiary/aromatic N) is 3. The first-order valence-corrected chi connectivity index (χ1v) is 8.36. The minimum atomic E-state index is 0.826. The van der Waals surface area contributed by atoms with Crippen molar-refractivity contribution in [3.63, 3.8) is 0 Å². The molecule has 25 heavy (non-hydrogen) atoms. The summed E-state index contributed by atoms with van der Waals surface area (Å²) in [5.74, 6) is 0.826. The molecule has 124 valence electrons. The second-order valence-corrected chi connectivity index (χ2v) is 6.10. The zero-order valence-electron chi connectivity index (χ0n) is 14.3. The van der Waals surface area contributed by atoms with Gasteiger partial charge < -0.3 is 0 Å². The number of hydrazone groups is 1. The van der Waals surface area contributed by atoms with E-state index in [0.29, 0.717) is 0 Å². The van der Waals surface area contributed by atoms with Gasteiger partial charge in [-0.15, -0.1) is 5.10 Å². The summed E-state index contributed by atoms with van der Waals surface area (Å²) in [4.78, 5) is 0. The molecule has 1 heterocycles. The monoisotopic (exact) mass is 328 g/mol. The number of anilines is 2. The minimum absolute atomic E-state index is 0.826. The van der Waals surface area contributed by atoms with Gasteiger partial charge in [0.15, 0.2) is 5.84 Å². The molecule has 4 rings (SSSR count). The first kappa shape index (κ1) is 15.3. The average molecular weight is 328 g/mol. The Balaban J connectivity index is 1.81. The van der Waals surface area contributed by atoms with E-state index in [1.165, 1.54) is 11.1 Å². The van der Waals surface area contributed by atoms with Crippen molar-refractivity contribution in [3.8, 4) is 0 Å². The van der Waals surface area contributed by atoms with Crippen molar-refractivity contribution in [1.82, 2.24) is 5.43 Å². The zero-order valence-corrected chi connectivity index (χ0v) is 14.3. The second kappa shape index (κ2) is 6.32. The summed E-state index contributed by atoms with van der Waals surface area (Å²) in [6.45, 7) is 4.20. The summed E-state index contributed by atoms with van der Waals surface area (Å²) in [6, 6.07) is 26.7. The topological polar surface area (TPSA) is 30.9 Å². The molecule has 1 aliphatic rings. The van der Waals surface area contributed by atoms with Gasteiger partial charge in [0.2, 0.25) is 0 Å². The lowest BCUT2D eigenvalue weighted by molar-refractivity contribution is 0.765. The van der Waals surface area contributed by atoms with Crippen molar-refractivity contribution in [1.29, 1.82) is 0 Å². The van der Waals surface area contributed by atoms with Crippen LogP contribution in [0, 0.1) is 13.8 Å². The summed E-state index contributed by atoms with van der Waals surface area (Å²) < 4.78 is 0. The molecular formula is C21H20N4. The fourth-order valence-corrected chi connectivity index (χ4v) is 2.94. The van der Waals surface area contributed by atoms with E-state index < -0.39 is 0 Å². The van der Waals surface area contributed by atoms with Gasteiger partial charge >= 0.3 is 0 Å². The van der Waals surface area contributed by atoms with Gasteiger partial charge in [-0.2, -0.15) is 10.2 Å². The highest BCUT2D eigenvalue weighted by molar-refractivity contribution is 6.02. The maximum atomic E-state index is 4.85. The van der Waals surface area contributed by atoms with Crippen molar-refractivity contribution >= 4 is 17.2 Å². The fourth-order valence-electron chi connectivity index (χ4n) is 2.94. The van der Waals surface area contributed by atoms with Crippen molar-refractivity contribution in [2.45, 2.75) is 13.8 Å². The third-order valence-corrected chi connectivity index (χ3v) is 4.32. The number of hydrazine groups is 2. The Morgan fingerprint density at radius 2 is 1.24 bits per heavy atom. The standard InChI is InChI=1S/C21H20N4/c1-16-10-6-8-14-19(16)24-22-21(18-12-4-3-5-13-18)23-25(24)20-15-9-7-11-17(20)2/h3-15H,1-2H3,(H,22,23). The van der Waals surface area contributed by atoms with Gasteiger partial charge in [-0.1, -0.05) is 66.7 Å². The molecule has 3 aromatic carbocycles. The molecule has 1 N–H and O–H groups in total. The third kappa shape index (κ3) is 2.83. The highest BCUT2D eigenvalue weighted by atomic mass is 15.9. The smallest absolute Gasteiger partial charge is 0.176 e. The van der Waals surface area contributed by atoms with Gasteiger partial charge in [0, 0.05) is 5.56 Å². The van der Waals surface area contributed by atoms with E-state index in [1.54, 1.807) is 0 Å². The van der Waals surface area contributed by atoms with Crippen LogP contribution in [0.2, 0.25) is 0 Å². The van der Waals surface area contributed by atoms with Crippen molar-refractivity contribution in [3.05, 3.63) is 95.6 Å². The van der Waals surface area contributed by atoms with Crippen LogP contribution in [0.5, 0.6) is 0 Å². The van der Waals surface area contributed by atoms with Crippen LogP contribution in [0.15, 0.2) is 84.0 Å². The second-order valence-electron chi connectivity index (χ2n) is 6.10. The molecule has 0 saturated heterocycles. The van der Waals surface area contributed by atoms with Gasteiger partial charge in [-0.3, -0.25) is 5.43 Å². The number of rotatable bonds is 3. The van der Waals surface area contributed by atoms with E-state index >= 15 is 0 Å². The minimum Gasteiger partial charge on any atom is -0.259 e. The van der Waals surface area contributed by atoms with Crippen LogP contribution in [0.1, 0.15) is 16.7 Å². The van der Waals surface area contributed by atoms with Gasteiger partial charge in [-0.05, 0) is 37.1 Å². The lowest BCUT2D eigenvalue weighted by Gasteiger charge is -2.29. The Morgan fingerprint density at radius 3 is 1.88 bits per heavy atom. The number of amidine groups is 1. The largest absolute Gasteiger partial charge is 0.259 e.